The van der Waals surface area contributed by atoms with E-state index >= 15 is 0 Å². The van der Waals surface area contributed by atoms with Crippen LogP contribution in [0.25, 0.3) is 0 Å². The third-order valence-electron chi connectivity index (χ3n) is 3.75. The quantitative estimate of drug-likeness (QED) is 0.372. The molecule has 0 atom stereocenters. The molecule has 3 rings (SSSR count). The Morgan fingerprint density at radius 3 is 1.67 bits per heavy atom. The van der Waals surface area contributed by atoms with E-state index in [2.05, 4.69) is 25.0 Å². The second-order valence-corrected chi connectivity index (χ2v) is 5.53. The molecule has 0 unspecified atom stereocenters. The molecule has 7 nitrogen and oxygen atoms in total. The smallest absolute Gasteiger partial charge is 1.00 e. The zero-order valence-corrected chi connectivity index (χ0v) is 17.8. The predicted octanol–water partition coefficient (Wildman–Crippen LogP) is -4.44. The molecule has 1 aromatic rings. The van der Waals surface area contributed by atoms with E-state index in [1.54, 1.807) is 14.2 Å². The van der Waals surface area contributed by atoms with Crippen molar-refractivity contribution in [2.24, 2.45) is 20.0 Å². The van der Waals surface area contributed by atoms with E-state index in [-0.39, 0.29) is 41.9 Å². The second kappa shape index (κ2) is 13.1. The van der Waals surface area contributed by atoms with Gasteiger partial charge in [-0.25, -0.2) is 15.0 Å². The summed E-state index contributed by atoms with van der Waals surface area (Å²) in [7, 11) is 3.37. The van der Waals surface area contributed by atoms with Crippen molar-refractivity contribution in [2.75, 3.05) is 40.5 Å². The molecule has 148 valence electrons. The fourth-order valence-corrected chi connectivity index (χ4v) is 2.44. The molecular formula is C17H21Cl2FeN5O2. The minimum atomic E-state index is 0. The van der Waals surface area contributed by atoms with Crippen molar-refractivity contribution in [1.82, 2.24) is 4.98 Å². The molecule has 0 N–H and O–H groups in total. The van der Waals surface area contributed by atoms with Gasteiger partial charge in [0.15, 0.2) is 11.7 Å². The van der Waals surface area contributed by atoms with Gasteiger partial charge in [-0.2, -0.15) is 0 Å². The average molecular weight is 454 g/mol. The molecule has 10 heteroatoms. The van der Waals surface area contributed by atoms with Gasteiger partial charge in [0.2, 0.25) is 0 Å². The van der Waals surface area contributed by atoms with Crippen molar-refractivity contribution < 1.29 is 51.4 Å². The number of hydrogen-bond acceptors (Lipinski definition) is 7. The van der Waals surface area contributed by atoms with Crippen LogP contribution in [0.2, 0.25) is 0 Å². The van der Waals surface area contributed by atoms with Crippen LogP contribution < -0.4 is 24.8 Å². The Labute approximate surface area is 182 Å². The van der Waals surface area contributed by atoms with Gasteiger partial charge in [-0.1, -0.05) is 6.07 Å². The van der Waals surface area contributed by atoms with Crippen LogP contribution in [0.5, 0.6) is 0 Å². The number of methoxy groups -OCH3 is 2. The molecule has 0 aliphatic carbocycles. The van der Waals surface area contributed by atoms with Gasteiger partial charge in [-0.15, -0.1) is 0 Å². The van der Waals surface area contributed by atoms with E-state index in [0.717, 1.165) is 35.7 Å². The summed E-state index contributed by atoms with van der Waals surface area (Å²) in [6.07, 6.45) is 1.59. The third-order valence-corrected chi connectivity index (χ3v) is 3.75. The fraction of sp³-hybridized carbons (Fsp3) is 0.471. The number of ether oxygens (including phenoxy) is 2. The standard InChI is InChI=1S/C17H21N5O2.2ClH.Fe/c1-23-8-6-12-10-18-16(20-12)14-4-3-5-15(22-14)17-19-11-13(21-17)7-9-24-2;;;/h3-5H,6-11H2,1-2H3;2*1H;/q;;;+2/p-2. The molecule has 0 bridgehead atoms. The molecule has 0 aromatic carbocycles. The van der Waals surface area contributed by atoms with Crippen molar-refractivity contribution in [3.05, 3.63) is 29.6 Å². The van der Waals surface area contributed by atoms with E-state index in [4.69, 9.17) is 9.47 Å². The summed E-state index contributed by atoms with van der Waals surface area (Å²) in [4.78, 5) is 22.7. The molecule has 2 aliphatic heterocycles. The zero-order chi connectivity index (χ0) is 16.8. The number of halogens is 2. The Kier molecular flexibility index (Phi) is 12.5. The van der Waals surface area contributed by atoms with Crippen LogP contribution in [0.1, 0.15) is 24.2 Å². The van der Waals surface area contributed by atoms with Crippen LogP contribution in [0.15, 0.2) is 38.2 Å². The Balaban J connectivity index is 0.00000225. The number of amidine groups is 2. The zero-order valence-electron chi connectivity index (χ0n) is 15.1. The Bertz CT molecular complexity index is 681. The molecule has 0 spiro atoms. The van der Waals surface area contributed by atoms with Crippen molar-refractivity contribution in [3.63, 3.8) is 0 Å². The first-order valence-electron chi connectivity index (χ1n) is 7.97. The van der Waals surface area contributed by atoms with Gasteiger partial charge in [-0.3, -0.25) is 9.98 Å². The summed E-state index contributed by atoms with van der Waals surface area (Å²) in [5, 5.41) is 0. The van der Waals surface area contributed by atoms with Gasteiger partial charge >= 0.3 is 17.1 Å². The first kappa shape index (κ1) is 25.8. The fourth-order valence-electron chi connectivity index (χ4n) is 2.44. The minimum Gasteiger partial charge on any atom is -1.00 e. The Morgan fingerprint density at radius 2 is 1.26 bits per heavy atom. The summed E-state index contributed by atoms with van der Waals surface area (Å²) in [5.41, 5.74) is 3.56. The van der Waals surface area contributed by atoms with Gasteiger partial charge in [0.05, 0.1) is 26.3 Å². The van der Waals surface area contributed by atoms with Crippen LogP contribution in [0, 0.1) is 0 Å². The topological polar surface area (TPSA) is 80.8 Å². The molecule has 1 aromatic heterocycles. The number of aromatic nitrogens is 1. The van der Waals surface area contributed by atoms with E-state index in [9.17, 15) is 0 Å². The van der Waals surface area contributed by atoms with Crippen LogP contribution in [0.4, 0.5) is 0 Å². The van der Waals surface area contributed by atoms with E-state index < -0.39 is 0 Å². The summed E-state index contributed by atoms with van der Waals surface area (Å²) in [6, 6.07) is 5.76. The van der Waals surface area contributed by atoms with E-state index in [1.165, 1.54) is 0 Å². The van der Waals surface area contributed by atoms with E-state index in [1.807, 2.05) is 18.2 Å². The average Bonchev–Trinajstić information content (AvgIpc) is 3.28. The molecule has 0 saturated carbocycles. The molecule has 27 heavy (non-hydrogen) atoms. The number of nitrogens with zero attached hydrogens (tertiary/aromatic N) is 5. The molecule has 0 saturated heterocycles. The molecule has 3 heterocycles. The summed E-state index contributed by atoms with van der Waals surface area (Å²) in [6.45, 7) is 2.55. The van der Waals surface area contributed by atoms with Crippen molar-refractivity contribution in [1.29, 1.82) is 0 Å². The predicted molar refractivity (Wildman–Crippen MR) is 94.9 cm³/mol. The van der Waals surface area contributed by atoms with Gasteiger partial charge in [0.1, 0.15) is 11.4 Å². The SMILES string of the molecule is COCCC1=NC(c2cccc(C3=NCC(CCOC)=N3)n2)=NC1.[Cl-].[Cl-].[Fe+2]. The summed E-state index contributed by atoms with van der Waals surface area (Å²) < 4.78 is 10.2. The van der Waals surface area contributed by atoms with Crippen molar-refractivity contribution in [2.45, 2.75) is 12.8 Å². The second-order valence-electron chi connectivity index (χ2n) is 5.53. The monoisotopic (exact) mass is 453 g/mol. The largest absolute Gasteiger partial charge is 2.00 e. The van der Waals surface area contributed by atoms with Crippen LogP contribution in [0.3, 0.4) is 0 Å². The van der Waals surface area contributed by atoms with Crippen molar-refractivity contribution >= 4 is 23.1 Å². The Hall–Kier alpha value is -1.15. The maximum atomic E-state index is 5.08. The van der Waals surface area contributed by atoms with E-state index in [0.29, 0.717) is 38.0 Å². The van der Waals surface area contributed by atoms with Gasteiger partial charge in [0, 0.05) is 38.5 Å². The van der Waals surface area contributed by atoms with Crippen LogP contribution in [-0.2, 0) is 26.5 Å². The number of pyridine rings is 1. The number of aliphatic imine (C=N–C) groups is 4. The number of rotatable bonds is 8. The number of hydrogen-bond donors (Lipinski definition) is 0. The third kappa shape index (κ3) is 7.07. The maximum Gasteiger partial charge on any atom is 2.00 e. The van der Waals surface area contributed by atoms with Crippen LogP contribution >= 0.6 is 0 Å². The summed E-state index contributed by atoms with van der Waals surface area (Å²) in [5.74, 6) is 1.34. The molecule has 0 fully saturated rings. The molecule has 0 amide bonds. The maximum absolute atomic E-state index is 5.08. The molecular weight excluding hydrogens is 433 g/mol. The van der Waals surface area contributed by atoms with Gasteiger partial charge in [0.25, 0.3) is 0 Å². The molecule has 0 radical (unpaired) electrons. The van der Waals surface area contributed by atoms with Gasteiger partial charge < -0.3 is 34.3 Å². The van der Waals surface area contributed by atoms with Crippen molar-refractivity contribution in [3.8, 4) is 0 Å². The normalized spacial score (nSPS) is 14.9. The minimum absolute atomic E-state index is 0. The molecule has 2 aliphatic rings. The Morgan fingerprint density at radius 1 is 0.815 bits per heavy atom. The first-order chi connectivity index (χ1) is 11.8. The van der Waals surface area contributed by atoms with Crippen LogP contribution in [-0.4, -0.2) is 68.6 Å². The van der Waals surface area contributed by atoms with Gasteiger partial charge in [-0.05, 0) is 12.1 Å². The summed E-state index contributed by atoms with van der Waals surface area (Å²) >= 11 is 0. The first-order valence-corrected chi connectivity index (χ1v) is 7.97.